The number of rotatable bonds is 5. The van der Waals surface area contributed by atoms with Gasteiger partial charge < -0.3 is 4.74 Å². The zero-order valence-electron chi connectivity index (χ0n) is 13.2. The molecule has 2 rings (SSSR count). The first-order chi connectivity index (χ1) is 10.5. The Morgan fingerprint density at radius 2 is 1.68 bits per heavy atom. The molecule has 22 heavy (non-hydrogen) atoms. The molecule has 0 heterocycles. The van der Waals surface area contributed by atoms with Crippen LogP contribution in [0.5, 0.6) is 5.75 Å². The number of carbonyl (C=O) groups is 2. The first kappa shape index (κ1) is 16.0. The molecule has 2 aromatic carbocycles. The van der Waals surface area contributed by atoms with Crippen molar-refractivity contribution in [3.8, 4) is 5.75 Å². The van der Waals surface area contributed by atoms with Gasteiger partial charge in [-0.3, -0.25) is 4.79 Å². The van der Waals surface area contributed by atoms with Gasteiger partial charge in [0.2, 0.25) is 0 Å². The Kier molecular flexibility index (Phi) is 5.10. The molecule has 0 N–H and O–H groups in total. The van der Waals surface area contributed by atoms with Gasteiger partial charge in [-0.25, -0.2) is 4.79 Å². The summed E-state index contributed by atoms with van der Waals surface area (Å²) in [5, 5.41) is 0. The van der Waals surface area contributed by atoms with Crippen LogP contribution < -0.4 is 4.74 Å². The number of benzene rings is 2. The summed E-state index contributed by atoms with van der Waals surface area (Å²) in [6.07, 6.45) is 1.20. The van der Waals surface area contributed by atoms with Crippen LogP contribution in [-0.4, -0.2) is 11.8 Å². The Morgan fingerprint density at radius 3 is 2.32 bits per heavy atom. The number of aryl methyl sites for hydroxylation is 1. The van der Waals surface area contributed by atoms with Gasteiger partial charge in [-0.15, -0.1) is 0 Å². The van der Waals surface area contributed by atoms with Crippen molar-refractivity contribution >= 4 is 11.8 Å². The van der Waals surface area contributed by atoms with Gasteiger partial charge in [0.15, 0.2) is 5.78 Å². The van der Waals surface area contributed by atoms with Crippen molar-refractivity contribution in [1.29, 1.82) is 0 Å². The minimum absolute atomic E-state index is 0.00135. The van der Waals surface area contributed by atoms with Crippen LogP contribution in [0.3, 0.4) is 0 Å². The van der Waals surface area contributed by atoms with Gasteiger partial charge in [-0.05, 0) is 49.6 Å². The molecule has 0 saturated heterocycles. The third-order valence-electron chi connectivity index (χ3n) is 3.66. The van der Waals surface area contributed by atoms with Gasteiger partial charge in [0.05, 0.1) is 11.1 Å². The van der Waals surface area contributed by atoms with Crippen molar-refractivity contribution in [3.05, 3.63) is 64.7 Å². The van der Waals surface area contributed by atoms with Crippen molar-refractivity contribution in [2.45, 2.75) is 33.6 Å². The highest BCUT2D eigenvalue weighted by Gasteiger charge is 2.19. The highest BCUT2D eigenvalue weighted by atomic mass is 16.5. The Morgan fingerprint density at radius 1 is 1.00 bits per heavy atom. The van der Waals surface area contributed by atoms with Gasteiger partial charge in [0.25, 0.3) is 0 Å². The van der Waals surface area contributed by atoms with E-state index in [2.05, 4.69) is 0 Å². The van der Waals surface area contributed by atoms with E-state index in [9.17, 15) is 9.59 Å². The average molecular weight is 296 g/mol. The van der Waals surface area contributed by atoms with E-state index in [-0.39, 0.29) is 5.78 Å². The van der Waals surface area contributed by atoms with E-state index in [1.807, 2.05) is 32.9 Å². The minimum atomic E-state index is -0.445. The molecule has 0 aromatic heterocycles. The van der Waals surface area contributed by atoms with Crippen LogP contribution in [0.2, 0.25) is 0 Å². The molecule has 0 saturated carbocycles. The number of ketones is 1. The maximum absolute atomic E-state index is 12.3. The Hall–Kier alpha value is -2.42. The minimum Gasteiger partial charge on any atom is -0.422 e. The Balaban J connectivity index is 2.38. The molecule has 0 unspecified atom stereocenters. The van der Waals surface area contributed by atoms with Crippen LogP contribution in [0.4, 0.5) is 0 Å². The molecule has 0 amide bonds. The molecule has 2 aromatic rings. The van der Waals surface area contributed by atoms with E-state index in [1.54, 1.807) is 30.3 Å². The number of esters is 1. The van der Waals surface area contributed by atoms with Crippen LogP contribution in [0.15, 0.2) is 42.5 Å². The van der Waals surface area contributed by atoms with E-state index in [1.165, 1.54) is 0 Å². The van der Waals surface area contributed by atoms with E-state index in [0.717, 1.165) is 17.5 Å². The highest BCUT2D eigenvalue weighted by molar-refractivity contribution is 6.01. The van der Waals surface area contributed by atoms with Crippen molar-refractivity contribution in [2.24, 2.45) is 0 Å². The number of ether oxygens (including phenoxy) is 1. The maximum atomic E-state index is 12.3. The standard InChI is InChI=1S/C19H20O3/c1-4-8-17(20)16-12-11-13(2)14(3)18(16)22-19(21)15-9-6-5-7-10-15/h5-7,9-12H,4,8H2,1-3H3. The normalized spacial score (nSPS) is 10.3. The summed E-state index contributed by atoms with van der Waals surface area (Å²) < 4.78 is 5.55. The van der Waals surface area contributed by atoms with E-state index < -0.39 is 5.97 Å². The summed E-state index contributed by atoms with van der Waals surface area (Å²) in [6.45, 7) is 5.75. The summed E-state index contributed by atoms with van der Waals surface area (Å²) in [5.74, 6) is -0.0615. The van der Waals surface area contributed by atoms with Gasteiger partial charge in [-0.2, -0.15) is 0 Å². The molecule has 3 heteroatoms. The summed E-state index contributed by atoms with van der Waals surface area (Å²) >= 11 is 0. The predicted octanol–water partition coefficient (Wildman–Crippen LogP) is 4.51. The van der Waals surface area contributed by atoms with Crippen LogP contribution in [-0.2, 0) is 0 Å². The summed E-state index contributed by atoms with van der Waals surface area (Å²) in [7, 11) is 0. The first-order valence-electron chi connectivity index (χ1n) is 7.45. The maximum Gasteiger partial charge on any atom is 0.343 e. The van der Waals surface area contributed by atoms with Gasteiger partial charge >= 0.3 is 5.97 Å². The average Bonchev–Trinajstić information content (AvgIpc) is 2.53. The van der Waals surface area contributed by atoms with Crippen LogP contribution >= 0.6 is 0 Å². The van der Waals surface area contributed by atoms with E-state index in [0.29, 0.717) is 23.3 Å². The molecule has 0 atom stereocenters. The fourth-order valence-electron chi connectivity index (χ4n) is 2.23. The number of hydrogen-bond donors (Lipinski definition) is 0. The second-order valence-corrected chi connectivity index (χ2v) is 5.31. The lowest BCUT2D eigenvalue weighted by atomic mass is 9.99. The van der Waals surface area contributed by atoms with Crippen molar-refractivity contribution in [3.63, 3.8) is 0 Å². The summed E-state index contributed by atoms with van der Waals surface area (Å²) in [5.41, 5.74) is 2.77. The largest absolute Gasteiger partial charge is 0.422 e. The fraction of sp³-hybridized carbons (Fsp3) is 0.263. The van der Waals surface area contributed by atoms with Crippen LogP contribution in [0.25, 0.3) is 0 Å². The monoisotopic (exact) mass is 296 g/mol. The molecule has 3 nitrogen and oxygen atoms in total. The Labute approximate surface area is 130 Å². The van der Waals surface area contributed by atoms with E-state index >= 15 is 0 Å². The molecule has 0 bridgehead atoms. The molecule has 0 fully saturated rings. The zero-order valence-corrected chi connectivity index (χ0v) is 13.2. The second-order valence-electron chi connectivity index (χ2n) is 5.31. The van der Waals surface area contributed by atoms with Crippen LogP contribution in [0, 0.1) is 13.8 Å². The van der Waals surface area contributed by atoms with E-state index in [4.69, 9.17) is 4.74 Å². The molecule has 114 valence electrons. The molecule has 0 radical (unpaired) electrons. The quantitative estimate of drug-likeness (QED) is 0.463. The molecule has 0 aliphatic carbocycles. The molecule has 0 aliphatic heterocycles. The summed E-state index contributed by atoms with van der Waals surface area (Å²) in [6, 6.07) is 12.4. The summed E-state index contributed by atoms with van der Waals surface area (Å²) in [4.78, 5) is 24.5. The fourth-order valence-corrected chi connectivity index (χ4v) is 2.23. The molecular weight excluding hydrogens is 276 g/mol. The lowest BCUT2D eigenvalue weighted by Crippen LogP contribution is -2.13. The number of carbonyl (C=O) groups excluding carboxylic acids is 2. The first-order valence-corrected chi connectivity index (χ1v) is 7.45. The van der Waals surface area contributed by atoms with Crippen molar-refractivity contribution in [2.75, 3.05) is 0 Å². The second kappa shape index (κ2) is 7.03. The van der Waals surface area contributed by atoms with Gasteiger partial charge in [0, 0.05) is 6.42 Å². The Bertz CT molecular complexity index is 687. The van der Waals surface area contributed by atoms with Gasteiger partial charge in [0.1, 0.15) is 5.75 Å². The number of Topliss-reactive ketones (excluding diaryl/α,β-unsaturated/α-hetero) is 1. The number of hydrogen-bond acceptors (Lipinski definition) is 3. The molecular formula is C19H20O3. The molecule has 0 aliphatic rings. The zero-order chi connectivity index (χ0) is 16.1. The third kappa shape index (κ3) is 3.42. The highest BCUT2D eigenvalue weighted by Crippen LogP contribution is 2.28. The third-order valence-corrected chi connectivity index (χ3v) is 3.66. The smallest absolute Gasteiger partial charge is 0.343 e. The van der Waals surface area contributed by atoms with Crippen molar-refractivity contribution in [1.82, 2.24) is 0 Å². The van der Waals surface area contributed by atoms with Crippen molar-refractivity contribution < 1.29 is 14.3 Å². The lowest BCUT2D eigenvalue weighted by Gasteiger charge is -2.14. The SMILES string of the molecule is CCCC(=O)c1ccc(C)c(C)c1OC(=O)c1ccccc1. The van der Waals surface area contributed by atoms with Crippen LogP contribution in [0.1, 0.15) is 51.6 Å². The predicted molar refractivity (Wildman–Crippen MR) is 86.6 cm³/mol. The topological polar surface area (TPSA) is 43.4 Å². The lowest BCUT2D eigenvalue weighted by molar-refractivity contribution is 0.0731. The van der Waals surface area contributed by atoms with Gasteiger partial charge in [-0.1, -0.05) is 31.2 Å². The molecule has 0 spiro atoms.